The first-order chi connectivity index (χ1) is 13.6. The fourth-order valence-electron chi connectivity index (χ4n) is 3.54. The first-order valence-electron chi connectivity index (χ1n) is 9.03. The highest BCUT2D eigenvalue weighted by atomic mass is 79.9. The van der Waals surface area contributed by atoms with E-state index in [1.165, 1.54) is 5.56 Å². The summed E-state index contributed by atoms with van der Waals surface area (Å²) in [6.45, 7) is 2.48. The van der Waals surface area contributed by atoms with Gasteiger partial charge in [0.15, 0.2) is 5.11 Å². The average molecular weight is 458 g/mol. The molecule has 0 saturated carbocycles. The van der Waals surface area contributed by atoms with Crippen LogP contribution in [0.1, 0.15) is 29.1 Å². The smallest absolute Gasteiger partial charge is 0.170 e. The van der Waals surface area contributed by atoms with E-state index in [1.54, 1.807) is 6.20 Å². The second-order valence-electron chi connectivity index (χ2n) is 6.73. The Labute approximate surface area is 177 Å². The Bertz CT molecular complexity index is 992. The standard InChI is InChI=1S/C21H20BrN3O2S/c1-13-5-6-14(15(22)12-13)17-7-8-18(27-17)20-19(16-4-2-3-9-23-16)24-21(28)25(20)10-11-26/h2-9,12,19-20,26H,10-11H2,1H3,(H,24,28). The van der Waals surface area contributed by atoms with E-state index in [0.717, 1.165) is 27.3 Å². The van der Waals surface area contributed by atoms with Gasteiger partial charge in [0.25, 0.3) is 0 Å². The van der Waals surface area contributed by atoms with Gasteiger partial charge in [-0.2, -0.15) is 0 Å². The number of nitrogens with one attached hydrogen (secondary N) is 1. The molecule has 2 N–H and O–H groups in total. The van der Waals surface area contributed by atoms with Gasteiger partial charge in [-0.1, -0.05) is 28.1 Å². The van der Waals surface area contributed by atoms with Crippen molar-refractivity contribution in [3.8, 4) is 11.3 Å². The molecule has 144 valence electrons. The maximum Gasteiger partial charge on any atom is 0.170 e. The van der Waals surface area contributed by atoms with Gasteiger partial charge in [-0.25, -0.2) is 0 Å². The van der Waals surface area contributed by atoms with Crippen LogP contribution in [0.15, 0.2) is 63.6 Å². The van der Waals surface area contributed by atoms with E-state index in [0.29, 0.717) is 11.7 Å². The van der Waals surface area contributed by atoms with Gasteiger partial charge >= 0.3 is 0 Å². The number of halogens is 1. The van der Waals surface area contributed by atoms with Gasteiger partial charge in [0.2, 0.25) is 0 Å². The topological polar surface area (TPSA) is 61.5 Å². The molecular weight excluding hydrogens is 438 g/mol. The lowest BCUT2D eigenvalue weighted by Gasteiger charge is -2.25. The molecule has 2 aromatic heterocycles. The summed E-state index contributed by atoms with van der Waals surface area (Å²) < 4.78 is 7.26. The summed E-state index contributed by atoms with van der Waals surface area (Å²) in [5.41, 5.74) is 3.05. The number of furan rings is 1. The molecule has 3 aromatic rings. The average Bonchev–Trinajstić information content (AvgIpc) is 3.28. The van der Waals surface area contributed by atoms with Gasteiger partial charge in [-0.3, -0.25) is 4.98 Å². The lowest BCUT2D eigenvalue weighted by molar-refractivity contribution is 0.209. The highest BCUT2D eigenvalue weighted by Gasteiger charge is 2.41. The van der Waals surface area contributed by atoms with Crippen LogP contribution >= 0.6 is 28.1 Å². The molecule has 28 heavy (non-hydrogen) atoms. The van der Waals surface area contributed by atoms with Crippen LogP contribution in [0.5, 0.6) is 0 Å². The van der Waals surface area contributed by atoms with Crippen LogP contribution in [0.4, 0.5) is 0 Å². The molecule has 0 spiro atoms. The largest absolute Gasteiger partial charge is 0.459 e. The lowest BCUT2D eigenvalue weighted by Crippen LogP contribution is -2.32. The van der Waals surface area contributed by atoms with Crippen LogP contribution in [0.3, 0.4) is 0 Å². The van der Waals surface area contributed by atoms with Crippen molar-refractivity contribution in [2.24, 2.45) is 0 Å². The normalized spacial score (nSPS) is 19.1. The summed E-state index contributed by atoms with van der Waals surface area (Å²) in [7, 11) is 0. The van der Waals surface area contributed by atoms with Crippen molar-refractivity contribution in [3.05, 3.63) is 76.2 Å². The third-order valence-electron chi connectivity index (χ3n) is 4.85. The van der Waals surface area contributed by atoms with Crippen molar-refractivity contribution >= 4 is 33.3 Å². The third kappa shape index (κ3) is 3.57. The summed E-state index contributed by atoms with van der Waals surface area (Å²) in [5, 5.41) is 13.5. The van der Waals surface area contributed by atoms with E-state index in [4.69, 9.17) is 16.6 Å². The summed E-state index contributed by atoms with van der Waals surface area (Å²) in [6, 6.07) is 15.6. The molecule has 1 aromatic carbocycles. The van der Waals surface area contributed by atoms with E-state index < -0.39 is 0 Å². The predicted octanol–water partition coefficient (Wildman–Crippen LogP) is 4.38. The van der Waals surface area contributed by atoms with E-state index in [1.807, 2.05) is 41.3 Å². The Morgan fingerprint density at radius 3 is 2.82 bits per heavy atom. The molecular formula is C21H20BrN3O2S. The van der Waals surface area contributed by atoms with Gasteiger partial charge < -0.3 is 19.7 Å². The maximum absolute atomic E-state index is 9.53. The molecule has 4 rings (SSSR count). The fraction of sp³-hybridized carbons (Fsp3) is 0.238. The van der Waals surface area contributed by atoms with Gasteiger partial charge in [0.05, 0.1) is 18.3 Å². The Morgan fingerprint density at radius 1 is 1.25 bits per heavy atom. The highest BCUT2D eigenvalue weighted by Crippen LogP contribution is 2.41. The zero-order chi connectivity index (χ0) is 19.7. The molecule has 3 heterocycles. The summed E-state index contributed by atoms with van der Waals surface area (Å²) in [6.07, 6.45) is 1.77. The number of benzene rings is 1. The van der Waals surface area contributed by atoms with Crippen molar-refractivity contribution < 1.29 is 9.52 Å². The quantitative estimate of drug-likeness (QED) is 0.554. The second kappa shape index (κ2) is 8.03. The van der Waals surface area contributed by atoms with Gasteiger partial charge in [0, 0.05) is 22.8 Å². The number of thiocarbonyl (C=S) groups is 1. The summed E-state index contributed by atoms with van der Waals surface area (Å²) >= 11 is 9.15. The monoisotopic (exact) mass is 457 g/mol. The number of hydrogen-bond acceptors (Lipinski definition) is 4. The fourth-order valence-corrected chi connectivity index (χ4v) is 4.56. The van der Waals surface area contributed by atoms with Crippen LogP contribution < -0.4 is 5.32 Å². The number of aliphatic hydroxyl groups excluding tert-OH is 1. The van der Waals surface area contributed by atoms with Crippen molar-refractivity contribution in [2.45, 2.75) is 19.0 Å². The number of aryl methyl sites for hydroxylation is 1. The predicted molar refractivity (Wildman–Crippen MR) is 116 cm³/mol. The van der Waals surface area contributed by atoms with E-state index in [2.05, 4.69) is 45.3 Å². The molecule has 1 fully saturated rings. The molecule has 0 radical (unpaired) electrons. The molecule has 7 heteroatoms. The van der Waals surface area contributed by atoms with Crippen molar-refractivity contribution in [1.29, 1.82) is 0 Å². The van der Waals surface area contributed by atoms with E-state index >= 15 is 0 Å². The number of β-amino-alcohol motifs (C(OH)–C–C–N with tert-alkyl or cyclic N) is 1. The molecule has 1 aliphatic heterocycles. The number of rotatable bonds is 5. The van der Waals surface area contributed by atoms with Crippen LogP contribution in [-0.4, -0.2) is 33.3 Å². The van der Waals surface area contributed by atoms with Crippen molar-refractivity contribution in [3.63, 3.8) is 0 Å². The third-order valence-corrected chi connectivity index (χ3v) is 5.86. The molecule has 1 aliphatic rings. The van der Waals surface area contributed by atoms with Crippen LogP contribution in [-0.2, 0) is 0 Å². The van der Waals surface area contributed by atoms with Crippen molar-refractivity contribution in [1.82, 2.24) is 15.2 Å². The van der Waals surface area contributed by atoms with Crippen LogP contribution in [0.2, 0.25) is 0 Å². The number of pyridine rings is 1. The Morgan fingerprint density at radius 2 is 2.11 bits per heavy atom. The number of nitrogens with zero attached hydrogens (tertiary/aromatic N) is 2. The minimum atomic E-state index is -0.187. The Kier molecular flexibility index (Phi) is 5.48. The number of aliphatic hydroxyl groups is 1. The number of aromatic nitrogens is 1. The minimum Gasteiger partial charge on any atom is -0.459 e. The van der Waals surface area contributed by atoms with E-state index in [-0.39, 0.29) is 18.7 Å². The molecule has 0 aliphatic carbocycles. The summed E-state index contributed by atoms with van der Waals surface area (Å²) in [4.78, 5) is 6.45. The molecule has 1 saturated heterocycles. The van der Waals surface area contributed by atoms with Gasteiger partial charge in [-0.15, -0.1) is 0 Å². The van der Waals surface area contributed by atoms with Crippen molar-refractivity contribution in [2.75, 3.05) is 13.2 Å². The molecule has 2 atom stereocenters. The molecule has 2 unspecified atom stereocenters. The first-order valence-corrected chi connectivity index (χ1v) is 10.2. The first kappa shape index (κ1) is 19.1. The molecule has 0 bridgehead atoms. The molecule has 5 nitrogen and oxygen atoms in total. The molecule has 0 amide bonds. The van der Waals surface area contributed by atoms with Gasteiger partial charge in [0.1, 0.15) is 17.6 Å². The van der Waals surface area contributed by atoms with E-state index in [9.17, 15) is 5.11 Å². The Hall–Kier alpha value is -2.22. The highest BCUT2D eigenvalue weighted by molar-refractivity contribution is 9.10. The lowest BCUT2D eigenvalue weighted by atomic mass is 10.0. The minimum absolute atomic E-state index is 0.00430. The maximum atomic E-state index is 9.53. The van der Waals surface area contributed by atoms with Crippen LogP contribution in [0.25, 0.3) is 11.3 Å². The Balaban J connectivity index is 1.73. The second-order valence-corrected chi connectivity index (χ2v) is 7.97. The summed E-state index contributed by atoms with van der Waals surface area (Å²) in [5.74, 6) is 1.56. The van der Waals surface area contributed by atoms with Crippen LogP contribution in [0, 0.1) is 6.92 Å². The zero-order valence-corrected chi connectivity index (χ0v) is 17.7. The van der Waals surface area contributed by atoms with Gasteiger partial charge in [-0.05, 0) is 61.1 Å². The number of hydrogen-bond donors (Lipinski definition) is 2. The SMILES string of the molecule is Cc1ccc(-c2ccc(C3C(c4ccccn4)NC(=S)N3CCO)o2)c(Br)c1. The zero-order valence-electron chi connectivity index (χ0n) is 15.3.